The monoisotopic (exact) mass is 522 g/mol. The summed E-state index contributed by atoms with van der Waals surface area (Å²) in [5.41, 5.74) is 1.26. The number of rotatable bonds is 7. The molecular weight excluding hydrogens is 503 g/mol. The van der Waals surface area contributed by atoms with E-state index in [1.54, 1.807) is 47.4 Å². The Morgan fingerprint density at radius 3 is 2.79 bits per heavy atom. The van der Waals surface area contributed by atoms with Gasteiger partial charge in [0, 0.05) is 22.3 Å². The van der Waals surface area contributed by atoms with Crippen molar-refractivity contribution in [3.63, 3.8) is 0 Å². The molecule has 0 bridgehead atoms. The molecule has 1 atom stereocenters. The molecule has 0 radical (unpaired) electrons. The van der Waals surface area contributed by atoms with E-state index in [4.69, 9.17) is 44.9 Å². The lowest BCUT2D eigenvalue weighted by Gasteiger charge is -2.18. The molecule has 2 aromatic rings. The Bertz CT molecular complexity index is 1100. The Morgan fingerprint density at radius 1 is 1.27 bits per heavy atom. The van der Waals surface area contributed by atoms with Crippen LogP contribution >= 0.6 is 47.2 Å². The van der Waals surface area contributed by atoms with Crippen LogP contribution in [0.4, 0.5) is 5.69 Å². The fourth-order valence-electron chi connectivity index (χ4n) is 3.47. The second-order valence-corrected chi connectivity index (χ2v) is 10.0. The van der Waals surface area contributed by atoms with E-state index in [0.717, 1.165) is 25.0 Å². The third-order valence-electron chi connectivity index (χ3n) is 4.96. The van der Waals surface area contributed by atoms with Gasteiger partial charge in [-0.3, -0.25) is 14.5 Å². The number of halogens is 2. The molecule has 4 rings (SSSR count). The van der Waals surface area contributed by atoms with Gasteiger partial charge < -0.3 is 14.8 Å². The van der Waals surface area contributed by atoms with Crippen molar-refractivity contribution in [2.24, 2.45) is 0 Å². The van der Waals surface area contributed by atoms with Gasteiger partial charge in [-0.1, -0.05) is 59.3 Å². The first kappa shape index (κ1) is 24.0. The third-order valence-corrected chi connectivity index (χ3v) is 6.77. The van der Waals surface area contributed by atoms with Crippen LogP contribution in [0.1, 0.15) is 18.4 Å². The van der Waals surface area contributed by atoms with Gasteiger partial charge in [-0.05, 0) is 54.8 Å². The molecule has 2 aromatic carbocycles. The van der Waals surface area contributed by atoms with Crippen LogP contribution in [0.3, 0.4) is 0 Å². The van der Waals surface area contributed by atoms with Gasteiger partial charge in [-0.25, -0.2) is 0 Å². The van der Waals surface area contributed by atoms with Gasteiger partial charge in [0.1, 0.15) is 10.1 Å². The molecule has 33 heavy (non-hydrogen) atoms. The van der Waals surface area contributed by atoms with Crippen molar-refractivity contribution in [2.75, 3.05) is 25.1 Å². The second kappa shape index (κ2) is 10.9. The number of carbonyl (C=O) groups excluding carboxylic acids is 2. The minimum Gasteiger partial charge on any atom is -0.484 e. The molecule has 0 aliphatic carbocycles. The molecule has 10 heteroatoms. The number of hydrogen-bond acceptors (Lipinski definition) is 6. The van der Waals surface area contributed by atoms with Crippen molar-refractivity contribution in [3.8, 4) is 5.75 Å². The fourth-order valence-corrected chi connectivity index (χ4v) is 5.27. The summed E-state index contributed by atoms with van der Waals surface area (Å²) in [6.07, 6.45) is 3.76. The molecule has 2 saturated heterocycles. The number of amides is 2. The lowest BCUT2D eigenvalue weighted by Crippen LogP contribution is -2.35. The van der Waals surface area contributed by atoms with Gasteiger partial charge in [0.05, 0.1) is 17.6 Å². The molecule has 1 N–H and O–H groups in total. The summed E-state index contributed by atoms with van der Waals surface area (Å²) in [5, 5.41) is 3.54. The van der Waals surface area contributed by atoms with Crippen molar-refractivity contribution < 1.29 is 19.1 Å². The van der Waals surface area contributed by atoms with Crippen molar-refractivity contribution in [1.82, 2.24) is 4.90 Å². The quantitative estimate of drug-likeness (QED) is 0.388. The molecular formula is C23H20Cl2N2O4S2. The summed E-state index contributed by atoms with van der Waals surface area (Å²) < 4.78 is 11.8. The van der Waals surface area contributed by atoms with Crippen LogP contribution in [0.15, 0.2) is 47.4 Å². The van der Waals surface area contributed by atoms with Crippen molar-refractivity contribution in [2.45, 2.75) is 18.9 Å². The Hall–Kier alpha value is -2.10. The molecule has 172 valence electrons. The van der Waals surface area contributed by atoms with Gasteiger partial charge in [-0.15, -0.1) is 0 Å². The summed E-state index contributed by atoms with van der Waals surface area (Å²) in [6, 6.07) is 11.9. The minimum absolute atomic E-state index is 0.0395. The lowest BCUT2D eigenvalue weighted by atomic mass is 10.2. The average Bonchev–Trinajstić information content (AvgIpc) is 3.36. The van der Waals surface area contributed by atoms with Gasteiger partial charge >= 0.3 is 0 Å². The lowest BCUT2D eigenvalue weighted by molar-refractivity contribution is -0.123. The van der Waals surface area contributed by atoms with Crippen molar-refractivity contribution >= 4 is 75.1 Å². The first-order valence-electron chi connectivity index (χ1n) is 10.2. The Kier molecular flexibility index (Phi) is 7.93. The maximum atomic E-state index is 12.8. The number of hydrogen-bond donors (Lipinski definition) is 1. The first-order valence-corrected chi connectivity index (χ1v) is 12.2. The number of anilines is 1. The summed E-state index contributed by atoms with van der Waals surface area (Å²) in [5.74, 6) is 0.0259. The first-order chi connectivity index (χ1) is 15.9. The molecule has 2 aliphatic heterocycles. The summed E-state index contributed by atoms with van der Waals surface area (Å²) in [6.45, 7) is 1.02. The van der Waals surface area contributed by atoms with Crippen LogP contribution in [-0.2, 0) is 14.3 Å². The largest absolute Gasteiger partial charge is 0.484 e. The van der Waals surface area contributed by atoms with E-state index in [9.17, 15) is 9.59 Å². The highest BCUT2D eigenvalue weighted by atomic mass is 35.5. The van der Waals surface area contributed by atoms with Crippen LogP contribution in [-0.4, -0.2) is 46.9 Å². The van der Waals surface area contributed by atoms with Gasteiger partial charge in [0.2, 0.25) is 0 Å². The van der Waals surface area contributed by atoms with E-state index in [1.165, 1.54) is 11.8 Å². The fraction of sp³-hybridized carbons (Fsp3) is 0.261. The summed E-state index contributed by atoms with van der Waals surface area (Å²) >= 11 is 18.6. The molecule has 2 heterocycles. The molecule has 0 spiro atoms. The molecule has 0 unspecified atom stereocenters. The number of thiocarbonyl (C=S) groups is 1. The smallest absolute Gasteiger partial charge is 0.266 e. The Balaban J connectivity index is 1.36. The Morgan fingerprint density at radius 2 is 2.06 bits per heavy atom. The zero-order chi connectivity index (χ0) is 23.4. The van der Waals surface area contributed by atoms with Crippen molar-refractivity contribution in [1.29, 1.82) is 0 Å². The molecule has 2 fully saturated rings. The summed E-state index contributed by atoms with van der Waals surface area (Å²) in [4.78, 5) is 27.2. The van der Waals surface area contributed by atoms with E-state index >= 15 is 0 Å². The van der Waals surface area contributed by atoms with E-state index in [-0.39, 0.29) is 24.5 Å². The van der Waals surface area contributed by atoms with Crippen LogP contribution in [0.5, 0.6) is 5.75 Å². The average molecular weight is 523 g/mol. The summed E-state index contributed by atoms with van der Waals surface area (Å²) in [7, 11) is 0. The highest BCUT2D eigenvalue weighted by Gasteiger charge is 2.34. The molecule has 2 amide bonds. The number of nitrogens with zero attached hydrogens (tertiary/aromatic N) is 1. The molecule has 0 aromatic heterocycles. The van der Waals surface area contributed by atoms with E-state index in [2.05, 4.69) is 5.32 Å². The maximum Gasteiger partial charge on any atom is 0.266 e. The number of benzene rings is 2. The van der Waals surface area contributed by atoms with Crippen LogP contribution in [0.25, 0.3) is 6.08 Å². The Labute approximate surface area is 211 Å². The topological polar surface area (TPSA) is 67.9 Å². The number of nitrogens with one attached hydrogen (secondary N) is 1. The predicted molar refractivity (Wildman–Crippen MR) is 136 cm³/mol. The van der Waals surface area contributed by atoms with Gasteiger partial charge in [0.25, 0.3) is 11.8 Å². The maximum absolute atomic E-state index is 12.8. The third kappa shape index (κ3) is 6.49. The minimum atomic E-state index is -0.353. The van der Waals surface area contributed by atoms with Crippen LogP contribution < -0.4 is 10.1 Å². The molecule has 2 aliphatic rings. The zero-order valence-corrected chi connectivity index (χ0v) is 20.5. The van der Waals surface area contributed by atoms with Crippen LogP contribution in [0, 0.1) is 0 Å². The normalized spacial score (nSPS) is 19.4. The number of ether oxygens (including phenoxy) is 2. The van der Waals surface area contributed by atoms with E-state index in [1.807, 2.05) is 6.07 Å². The molecule has 0 saturated carbocycles. The zero-order valence-electron chi connectivity index (χ0n) is 17.4. The number of thioether (sulfide) groups is 1. The van der Waals surface area contributed by atoms with Crippen LogP contribution in [0.2, 0.25) is 10.0 Å². The van der Waals surface area contributed by atoms with Crippen molar-refractivity contribution in [3.05, 3.63) is 63.0 Å². The molecule has 6 nitrogen and oxygen atoms in total. The SMILES string of the molecule is O=C(COc1cccc(/C=C2\SC(=S)N(C[C@H]3CCCO3)C2=O)c1)Nc1cc(Cl)cc(Cl)c1. The highest BCUT2D eigenvalue weighted by molar-refractivity contribution is 8.26. The van der Waals surface area contributed by atoms with E-state index in [0.29, 0.717) is 37.3 Å². The number of carbonyl (C=O) groups is 2. The highest BCUT2D eigenvalue weighted by Crippen LogP contribution is 2.34. The predicted octanol–water partition coefficient (Wildman–Crippen LogP) is 5.39. The van der Waals surface area contributed by atoms with Gasteiger partial charge in [-0.2, -0.15) is 0 Å². The second-order valence-electron chi connectivity index (χ2n) is 7.49. The van der Waals surface area contributed by atoms with Gasteiger partial charge in [0.15, 0.2) is 6.61 Å². The van der Waals surface area contributed by atoms with E-state index < -0.39 is 0 Å². The standard InChI is InChI=1S/C23H20Cl2N2O4S2/c24-15-9-16(25)11-17(10-15)26-21(28)13-31-18-4-1-3-14(7-18)8-20-22(29)27(23(32)33-20)12-19-5-2-6-30-19/h1,3-4,7-11,19H,2,5-6,12-13H2,(H,26,28)/b20-8-/t19-/m1/s1.